The van der Waals surface area contributed by atoms with E-state index in [4.69, 9.17) is 0 Å². The predicted octanol–water partition coefficient (Wildman–Crippen LogP) is 4.30. The Balaban J connectivity index is 1.52. The standard InChI is InChI=1S/C19H20N4OS2/c1-2-23(16-11-7-4-8-12-16)13-17(24)20-18-21-22-19(26-18)25-14-15-9-5-3-6-10-15/h3-12H,2,13-14H2,1H3,(H,20,21,24). The number of amides is 1. The van der Waals surface area contributed by atoms with Gasteiger partial charge in [-0.15, -0.1) is 10.2 Å². The number of nitrogens with one attached hydrogen (secondary N) is 1. The maximum absolute atomic E-state index is 12.3. The molecule has 3 aromatic rings. The molecule has 0 aliphatic rings. The highest BCUT2D eigenvalue weighted by Gasteiger charge is 2.12. The molecule has 1 heterocycles. The first kappa shape index (κ1) is 18.4. The van der Waals surface area contributed by atoms with E-state index in [9.17, 15) is 4.79 Å². The SMILES string of the molecule is CCN(CC(=O)Nc1nnc(SCc2ccccc2)s1)c1ccccc1. The smallest absolute Gasteiger partial charge is 0.245 e. The van der Waals surface area contributed by atoms with E-state index in [1.165, 1.54) is 16.9 Å². The number of hydrogen-bond donors (Lipinski definition) is 1. The fourth-order valence-electron chi connectivity index (χ4n) is 2.39. The number of nitrogens with zero attached hydrogens (tertiary/aromatic N) is 3. The Morgan fingerprint density at radius 1 is 1.08 bits per heavy atom. The molecule has 0 fully saturated rings. The van der Waals surface area contributed by atoms with E-state index in [0.717, 1.165) is 22.3 Å². The van der Waals surface area contributed by atoms with Gasteiger partial charge < -0.3 is 4.90 Å². The predicted molar refractivity (Wildman–Crippen MR) is 109 cm³/mol. The minimum Gasteiger partial charge on any atom is -0.362 e. The summed E-state index contributed by atoms with van der Waals surface area (Å²) < 4.78 is 0.847. The van der Waals surface area contributed by atoms with Crippen LogP contribution in [0.15, 0.2) is 65.0 Å². The molecule has 1 aromatic heterocycles. The van der Waals surface area contributed by atoms with Gasteiger partial charge in [0.2, 0.25) is 11.0 Å². The molecule has 0 aliphatic carbocycles. The molecule has 5 nitrogen and oxygen atoms in total. The van der Waals surface area contributed by atoms with Crippen LogP contribution in [-0.2, 0) is 10.5 Å². The molecule has 0 atom stereocenters. The fourth-order valence-corrected chi connectivity index (χ4v) is 4.12. The Morgan fingerprint density at radius 3 is 2.46 bits per heavy atom. The number of carbonyl (C=O) groups is 1. The number of anilines is 2. The van der Waals surface area contributed by atoms with Gasteiger partial charge in [-0.05, 0) is 24.6 Å². The highest BCUT2D eigenvalue weighted by atomic mass is 32.2. The molecular weight excluding hydrogens is 364 g/mol. The Kier molecular flexibility index (Phi) is 6.62. The van der Waals surface area contributed by atoms with Crippen molar-refractivity contribution in [3.8, 4) is 0 Å². The van der Waals surface area contributed by atoms with Gasteiger partial charge in [0, 0.05) is 18.0 Å². The lowest BCUT2D eigenvalue weighted by atomic mass is 10.2. The minimum atomic E-state index is -0.0912. The van der Waals surface area contributed by atoms with E-state index in [2.05, 4.69) is 27.6 Å². The zero-order valence-corrected chi connectivity index (χ0v) is 16.1. The van der Waals surface area contributed by atoms with Gasteiger partial charge in [-0.2, -0.15) is 0 Å². The highest BCUT2D eigenvalue weighted by Crippen LogP contribution is 2.28. The number of hydrogen-bond acceptors (Lipinski definition) is 6. The van der Waals surface area contributed by atoms with Crippen LogP contribution in [-0.4, -0.2) is 29.2 Å². The fraction of sp³-hybridized carbons (Fsp3) is 0.211. The van der Waals surface area contributed by atoms with Crippen molar-refractivity contribution in [2.75, 3.05) is 23.3 Å². The molecule has 0 bridgehead atoms. The number of thioether (sulfide) groups is 1. The zero-order valence-electron chi connectivity index (χ0n) is 14.5. The summed E-state index contributed by atoms with van der Waals surface area (Å²) in [6.07, 6.45) is 0. The topological polar surface area (TPSA) is 58.1 Å². The van der Waals surface area contributed by atoms with Crippen molar-refractivity contribution in [1.29, 1.82) is 0 Å². The summed E-state index contributed by atoms with van der Waals surface area (Å²) in [5, 5.41) is 11.6. The normalized spacial score (nSPS) is 10.5. The quantitative estimate of drug-likeness (QED) is 0.464. The minimum absolute atomic E-state index is 0.0912. The van der Waals surface area contributed by atoms with Crippen LogP contribution in [0.2, 0.25) is 0 Å². The number of likely N-dealkylation sites (N-methyl/N-ethyl adjacent to an activating group) is 1. The molecule has 0 saturated carbocycles. The average molecular weight is 385 g/mol. The highest BCUT2D eigenvalue weighted by molar-refractivity contribution is 8.00. The number of aromatic nitrogens is 2. The molecular formula is C19H20N4OS2. The van der Waals surface area contributed by atoms with E-state index in [1.54, 1.807) is 11.8 Å². The summed E-state index contributed by atoms with van der Waals surface area (Å²) in [7, 11) is 0. The maximum atomic E-state index is 12.3. The van der Waals surface area contributed by atoms with E-state index >= 15 is 0 Å². The Hall–Kier alpha value is -2.38. The summed E-state index contributed by atoms with van der Waals surface area (Å²) in [5.74, 6) is 0.743. The first-order chi connectivity index (χ1) is 12.7. The number of benzene rings is 2. The van der Waals surface area contributed by atoms with Crippen LogP contribution in [0.4, 0.5) is 10.8 Å². The van der Waals surface area contributed by atoms with Gasteiger partial charge in [-0.1, -0.05) is 71.6 Å². The van der Waals surface area contributed by atoms with Crippen LogP contribution in [0, 0.1) is 0 Å². The second kappa shape index (κ2) is 9.35. The van der Waals surface area contributed by atoms with Crippen molar-refractivity contribution >= 4 is 39.8 Å². The summed E-state index contributed by atoms with van der Waals surface area (Å²) >= 11 is 3.02. The zero-order chi connectivity index (χ0) is 18.2. The lowest BCUT2D eigenvalue weighted by Crippen LogP contribution is -2.33. The van der Waals surface area contributed by atoms with Crippen LogP contribution >= 0.6 is 23.1 Å². The van der Waals surface area contributed by atoms with Crippen LogP contribution in [0.5, 0.6) is 0 Å². The van der Waals surface area contributed by atoms with Crippen LogP contribution < -0.4 is 10.2 Å². The lowest BCUT2D eigenvalue weighted by molar-refractivity contribution is -0.115. The van der Waals surface area contributed by atoms with E-state index in [0.29, 0.717) is 5.13 Å². The van der Waals surface area contributed by atoms with Crippen molar-refractivity contribution in [3.63, 3.8) is 0 Å². The van der Waals surface area contributed by atoms with Gasteiger partial charge in [0.25, 0.3) is 0 Å². The molecule has 134 valence electrons. The van der Waals surface area contributed by atoms with Crippen LogP contribution in [0.1, 0.15) is 12.5 Å². The van der Waals surface area contributed by atoms with E-state index in [1.807, 2.05) is 60.4 Å². The molecule has 0 saturated heterocycles. The number of para-hydroxylation sites is 1. The monoisotopic (exact) mass is 384 g/mol. The van der Waals surface area contributed by atoms with Crippen LogP contribution in [0.25, 0.3) is 0 Å². The molecule has 1 amide bonds. The second-order valence-corrected chi connectivity index (χ2v) is 7.75. The molecule has 3 rings (SSSR count). The summed E-state index contributed by atoms with van der Waals surface area (Å²) in [5.41, 5.74) is 2.27. The largest absolute Gasteiger partial charge is 0.362 e. The van der Waals surface area contributed by atoms with Gasteiger partial charge >= 0.3 is 0 Å². The van der Waals surface area contributed by atoms with Gasteiger partial charge in [0.05, 0.1) is 6.54 Å². The molecule has 0 aliphatic heterocycles. The Bertz CT molecular complexity index is 824. The number of rotatable bonds is 8. The van der Waals surface area contributed by atoms with Crippen molar-refractivity contribution in [1.82, 2.24) is 10.2 Å². The van der Waals surface area contributed by atoms with Gasteiger partial charge in [0.1, 0.15) is 0 Å². The lowest BCUT2D eigenvalue weighted by Gasteiger charge is -2.21. The van der Waals surface area contributed by atoms with Gasteiger partial charge in [-0.3, -0.25) is 10.1 Å². The third-order valence-electron chi connectivity index (χ3n) is 3.70. The van der Waals surface area contributed by atoms with Crippen molar-refractivity contribution in [2.45, 2.75) is 17.0 Å². The summed E-state index contributed by atoms with van der Waals surface area (Å²) in [6.45, 7) is 3.07. The van der Waals surface area contributed by atoms with E-state index < -0.39 is 0 Å². The molecule has 26 heavy (non-hydrogen) atoms. The van der Waals surface area contributed by atoms with Crippen molar-refractivity contribution < 1.29 is 4.79 Å². The summed E-state index contributed by atoms with van der Waals surface area (Å²) in [4.78, 5) is 14.3. The summed E-state index contributed by atoms with van der Waals surface area (Å²) in [6, 6.07) is 20.1. The molecule has 2 aromatic carbocycles. The van der Waals surface area contributed by atoms with Gasteiger partial charge in [-0.25, -0.2) is 0 Å². The Labute approximate surface area is 161 Å². The second-order valence-electron chi connectivity index (χ2n) is 5.55. The first-order valence-corrected chi connectivity index (χ1v) is 10.1. The Morgan fingerprint density at radius 2 is 1.77 bits per heavy atom. The first-order valence-electron chi connectivity index (χ1n) is 8.34. The molecule has 0 spiro atoms. The third kappa shape index (κ3) is 5.31. The maximum Gasteiger partial charge on any atom is 0.245 e. The molecule has 0 unspecified atom stereocenters. The molecule has 1 N–H and O–H groups in total. The molecule has 7 heteroatoms. The third-order valence-corrected chi connectivity index (χ3v) is 5.74. The van der Waals surface area contributed by atoms with Crippen LogP contribution in [0.3, 0.4) is 0 Å². The number of carbonyl (C=O) groups excluding carboxylic acids is 1. The van der Waals surface area contributed by atoms with Gasteiger partial charge in [0.15, 0.2) is 4.34 Å². The van der Waals surface area contributed by atoms with E-state index in [-0.39, 0.29) is 12.5 Å². The van der Waals surface area contributed by atoms with Crippen molar-refractivity contribution in [2.24, 2.45) is 0 Å². The van der Waals surface area contributed by atoms with Crippen molar-refractivity contribution in [3.05, 3.63) is 66.2 Å². The average Bonchev–Trinajstić information content (AvgIpc) is 3.13. The molecule has 0 radical (unpaired) electrons.